The monoisotopic (exact) mass is 222 g/mol. The fraction of sp³-hybridized carbons (Fsp3) is 0.455. The molecule has 1 unspecified atom stereocenters. The fourth-order valence-electron chi connectivity index (χ4n) is 1.21. The molecule has 3 N–H and O–H groups in total. The van der Waals surface area contributed by atoms with Gasteiger partial charge in [-0.2, -0.15) is 0 Å². The lowest BCUT2D eigenvalue weighted by atomic mass is 10.2. The third kappa shape index (κ3) is 3.20. The Kier molecular flexibility index (Phi) is 4.25. The van der Waals surface area contributed by atoms with Crippen LogP contribution in [0.1, 0.15) is 17.4 Å². The lowest BCUT2D eigenvalue weighted by Crippen LogP contribution is -2.26. The summed E-state index contributed by atoms with van der Waals surface area (Å²) in [7, 11) is 3.40. The first-order valence-electron chi connectivity index (χ1n) is 5.19. The van der Waals surface area contributed by atoms with E-state index in [1.165, 1.54) is 4.90 Å². The average Bonchev–Trinajstić information content (AvgIpc) is 2.28. The number of hydrogen-bond acceptors (Lipinski definition) is 4. The minimum absolute atomic E-state index is 0.107. The molecule has 0 aromatic carbocycles. The molecule has 0 fully saturated rings. The maximum atomic E-state index is 11.7. The van der Waals surface area contributed by atoms with Crippen LogP contribution in [0.2, 0.25) is 0 Å². The van der Waals surface area contributed by atoms with E-state index in [1.54, 1.807) is 26.4 Å². The number of nitrogens with zero attached hydrogens (tertiary/aromatic N) is 2. The number of aromatic nitrogens is 1. The lowest BCUT2D eigenvalue weighted by molar-refractivity contribution is 0.0822. The van der Waals surface area contributed by atoms with E-state index in [2.05, 4.69) is 10.3 Å². The molecular weight excluding hydrogens is 204 g/mol. The van der Waals surface area contributed by atoms with E-state index in [9.17, 15) is 4.79 Å². The van der Waals surface area contributed by atoms with Crippen molar-refractivity contribution in [3.8, 4) is 0 Å². The summed E-state index contributed by atoms with van der Waals surface area (Å²) < 4.78 is 0. The van der Waals surface area contributed by atoms with Gasteiger partial charge in [0.2, 0.25) is 0 Å². The van der Waals surface area contributed by atoms with Gasteiger partial charge in [-0.15, -0.1) is 0 Å². The second-order valence-corrected chi connectivity index (χ2v) is 3.91. The third-order valence-electron chi connectivity index (χ3n) is 2.15. The van der Waals surface area contributed by atoms with Gasteiger partial charge in [0.25, 0.3) is 5.91 Å². The molecule has 16 heavy (non-hydrogen) atoms. The minimum Gasteiger partial charge on any atom is -0.381 e. The smallest absolute Gasteiger partial charge is 0.272 e. The molecule has 5 heteroatoms. The zero-order valence-corrected chi connectivity index (χ0v) is 9.90. The highest BCUT2D eigenvalue weighted by atomic mass is 16.2. The van der Waals surface area contributed by atoms with Crippen molar-refractivity contribution in [3.05, 3.63) is 24.0 Å². The molecule has 0 aliphatic carbocycles. The maximum Gasteiger partial charge on any atom is 0.272 e. The van der Waals surface area contributed by atoms with Crippen LogP contribution >= 0.6 is 0 Å². The van der Waals surface area contributed by atoms with E-state index in [0.29, 0.717) is 12.2 Å². The molecule has 1 rings (SSSR count). The maximum absolute atomic E-state index is 11.7. The summed E-state index contributed by atoms with van der Waals surface area (Å²) in [5.74, 6) is -0.107. The van der Waals surface area contributed by atoms with E-state index in [4.69, 9.17) is 5.73 Å². The van der Waals surface area contributed by atoms with Crippen molar-refractivity contribution < 1.29 is 4.79 Å². The molecule has 0 bridgehead atoms. The second kappa shape index (κ2) is 5.46. The molecule has 0 saturated heterocycles. The topological polar surface area (TPSA) is 71.2 Å². The van der Waals surface area contributed by atoms with E-state index in [0.717, 1.165) is 5.69 Å². The van der Waals surface area contributed by atoms with Crippen LogP contribution in [0.15, 0.2) is 18.3 Å². The quantitative estimate of drug-likeness (QED) is 0.780. The van der Waals surface area contributed by atoms with Gasteiger partial charge in [-0.1, -0.05) is 0 Å². The van der Waals surface area contributed by atoms with Gasteiger partial charge in [0, 0.05) is 38.6 Å². The molecule has 0 radical (unpaired) electrons. The van der Waals surface area contributed by atoms with Crippen molar-refractivity contribution in [2.45, 2.75) is 13.0 Å². The Balaban J connectivity index is 2.83. The zero-order chi connectivity index (χ0) is 12.1. The van der Waals surface area contributed by atoms with Crippen molar-refractivity contribution in [3.63, 3.8) is 0 Å². The molecule has 0 aliphatic heterocycles. The van der Waals surface area contributed by atoms with E-state index >= 15 is 0 Å². The highest BCUT2D eigenvalue weighted by molar-refractivity contribution is 5.92. The Labute approximate surface area is 95.7 Å². The largest absolute Gasteiger partial charge is 0.381 e. The van der Waals surface area contributed by atoms with Crippen molar-refractivity contribution in [2.24, 2.45) is 5.73 Å². The highest BCUT2D eigenvalue weighted by Gasteiger charge is 2.10. The molecule has 0 saturated carbocycles. The predicted octanol–water partition coefficient (Wildman–Crippen LogP) is 0.542. The van der Waals surface area contributed by atoms with Crippen LogP contribution in [-0.4, -0.2) is 42.5 Å². The van der Waals surface area contributed by atoms with Crippen LogP contribution in [0.3, 0.4) is 0 Å². The van der Waals surface area contributed by atoms with Crippen molar-refractivity contribution in [1.82, 2.24) is 9.88 Å². The molecule has 88 valence electrons. The molecule has 1 heterocycles. The minimum atomic E-state index is -0.107. The summed E-state index contributed by atoms with van der Waals surface area (Å²) in [5.41, 5.74) is 6.80. The van der Waals surface area contributed by atoms with Crippen molar-refractivity contribution >= 4 is 11.6 Å². The first kappa shape index (κ1) is 12.4. The normalized spacial score (nSPS) is 12.0. The van der Waals surface area contributed by atoms with Gasteiger partial charge in [-0.3, -0.25) is 9.78 Å². The van der Waals surface area contributed by atoms with Gasteiger partial charge >= 0.3 is 0 Å². The Bertz CT molecular complexity index is 365. The number of carbonyl (C=O) groups excluding carboxylic acids is 1. The van der Waals surface area contributed by atoms with Crippen LogP contribution in [0, 0.1) is 0 Å². The van der Waals surface area contributed by atoms with Gasteiger partial charge < -0.3 is 16.0 Å². The van der Waals surface area contributed by atoms with E-state index in [-0.39, 0.29) is 11.9 Å². The van der Waals surface area contributed by atoms with E-state index < -0.39 is 0 Å². The summed E-state index contributed by atoms with van der Waals surface area (Å²) in [6.45, 7) is 2.52. The molecule has 1 atom stereocenters. The Morgan fingerprint density at radius 3 is 2.88 bits per heavy atom. The lowest BCUT2D eigenvalue weighted by Gasteiger charge is -2.14. The zero-order valence-electron chi connectivity index (χ0n) is 9.90. The third-order valence-corrected chi connectivity index (χ3v) is 2.15. The number of hydrogen-bond donors (Lipinski definition) is 2. The number of carbonyl (C=O) groups is 1. The second-order valence-electron chi connectivity index (χ2n) is 3.91. The molecule has 1 aromatic heterocycles. The first-order chi connectivity index (χ1) is 7.54. The van der Waals surface area contributed by atoms with Crippen LogP contribution in [-0.2, 0) is 0 Å². The number of nitrogens with one attached hydrogen (secondary N) is 1. The van der Waals surface area contributed by atoms with Crippen LogP contribution in [0.5, 0.6) is 0 Å². The summed E-state index contributed by atoms with van der Waals surface area (Å²) >= 11 is 0. The standard InChI is InChI=1S/C11H18N4O/c1-8(7-12)14-9-4-5-13-10(6-9)11(16)15(2)3/h4-6,8H,7,12H2,1-3H3,(H,13,14). The SMILES string of the molecule is CC(CN)Nc1ccnc(C(=O)N(C)C)c1. The number of rotatable bonds is 4. The van der Waals surface area contributed by atoms with Gasteiger partial charge in [0.05, 0.1) is 0 Å². The number of pyridine rings is 1. The summed E-state index contributed by atoms with van der Waals surface area (Å²) in [5, 5.41) is 3.19. The van der Waals surface area contributed by atoms with Crippen molar-refractivity contribution in [2.75, 3.05) is 26.0 Å². The predicted molar refractivity (Wildman–Crippen MR) is 64.4 cm³/mol. The summed E-state index contributed by atoms with van der Waals surface area (Å²) in [4.78, 5) is 17.2. The summed E-state index contributed by atoms with van der Waals surface area (Å²) in [6, 6.07) is 3.72. The molecule has 0 spiro atoms. The van der Waals surface area contributed by atoms with Crippen LogP contribution in [0.4, 0.5) is 5.69 Å². The molecular formula is C11H18N4O. The Morgan fingerprint density at radius 1 is 1.62 bits per heavy atom. The first-order valence-corrected chi connectivity index (χ1v) is 5.19. The van der Waals surface area contributed by atoms with Gasteiger partial charge in [0.15, 0.2) is 0 Å². The fourth-order valence-corrected chi connectivity index (χ4v) is 1.21. The van der Waals surface area contributed by atoms with Crippen LogP contribution < -0.4 is 11.1 Å². The Morgan fingerprint density at radius 2 is 2.31 bits per heavy atom. The number of nitrogens with two attached hydrogens (primary N) is 1. The van der Waals surface area contributed by atoms with Crippen molar-refractivity contribution in [1.29, 1.82) is 0 Å². The van der Waals surface area contributed by atoms with E-state index in [1.807, 2.05) is 13.0 Å². The highest BCUT2D eigenvalue weighted by Crippen LogP contribution is 2.10. The van der Waals surface area contributed by atoms with Gasteiger partial charge in [0.1, 0.15) is 5.69 Å². The molecule has 0 aliphatic rings. The van der Waals surface area contributed by atoms with Crippen LogP contribution in [0.25, 0.3) is 0 Å². The Hall–Kier alpha value is -1.62. The number of amides is 1. The molecule has 1 amide bonds. The summed E-state index contributed by atoms with van der Waals surface area (Å²) in [6.07, 6.45) is 1.61. The van der Waals surface area contributed by atoms with Gasteiger partial charge in [-0.05, 0) is 19.1 Å². The average molecular weight is 222 g/mol. The number of anilines is 1. The van der Waals surface area contributed by atoms with Gasteiger partial charge in [-0.25, -0.2) is 0 Å². The molecule has 1 aromatic rings. The molecule has 5 nitrogen and oxygen atoms in total.